The van der Waals surface area contributed by atoms with Gasteiger partial charge in [-0.1, -0.05) is 24.3 Å². The summed E-state index contributed by atoms with van der Waals surface area (Å²) < 4.78 is 18.9. The van der Waals surface area contributed by atoms with Crippen molar-refractivity contribution in [1.29, 1.82) is 0 Å². The molecule has 1 unspecified atom stereocenters. The Bertz CT molecular complexity index is 1070. The third kappa shape index (κ3) is 4.61. The Morgan fingerprint density at radius 2 is 1.88 bits per heavy atom. The molecule has 3 aromatic rings. The average Bonchev–Trinajstić information content (AvgIpc) is 3.23. The molecule has 2 aliphatic heterocycles. The van der Waals surface area contributed by atoms with E-state index in [4.69, 9.17) is 4.74 Å². The number of amides is 1. The third-order valence-corrected chi connectivity index (χ3v) is 5.80. The highest BCUT2D eigenvalue weighted by atomic mass is 19.1. The van der Waals surface area contributed by atoms with Crippen molar-refractivity contribution >= 4 is 17.4 Å². The van der Waals surface area contributed by atoms with Crippen LogP contribution in [0.25, 0.3) is 0 Å². The number of aromatic nitrogens is 2. The molecule has 1 N–H and O–H groups in total. The number of ether oxygens (including phenoxy) is 1. The molecule has 1 aromatic carbocycles. The quantitative estimate of drug-likeness (QED) is 0.666. The maximum Gasteiger partial charge on any atom is 0.236 e. The second-order valence-corrected chi connectivity index (χ2v) is 8.07. The number of benzene rings is 1. The highest BCUT2D eigenvalue weighted by Crippen LogP contribution is 2.25. The first-order valence-electron chi connectivity index (χ1n) is 10.7. The molecule has 32 heavy (non-hydrogen) atoms. The van der Waals surface area contributed by atoms with Crippen LogP contribution in [-0.2, 0) is 22.6 Å². The number of carbonyl (C=O) groups is 1. The number of nitrogens with one attached hydrogen (secondary N) is 1. The molecule has 1 atom stereocenters. The van der Waals surface area contributed by atoms with Gasteiger partial charge in [-0.3, -0.25) is 14.7 Å². The van der Waals surface area contributed by atoms with Gasteiger partial charge in [-0.2, -0.15) is 0 Å². The molecule has 1 saturated heterocycles. The van der Waals surface area contributed by atoms with E-state index >= 15 is 0 Å². The van der Waals surface area contributed by atoms with Gasteiger partial charge in [0.15, 0.2) is 0 Å². The van der Waals surface area contributed by atoms with E-state index in [9.17, 15) is 9.18 Å². The van der Waals surface area contributed by atoms with Crippen LogP contribution in [0.1, 0.15) is 22.9 Å². The zero-order chi connectivity index (χ0) is 21.9. The molecule has 7 nitrogen and oxygen atoms in total. The summed E-state index contributed by atoms with van der Waals surface area (Å²) in [5.41, 5.74) is 4.11. The lowest BCUT2D eigenvalue weighted by atomic mass is 10.1. The molecule has 0 saturated carbocycles. The molecule has 164 valence electrons. The Morgan fingerprint density at radius 1 is 1.06 bits per heavy atom. The van der Waals surface area contributed by atoms with Crippen molar-refractivity contribution in [2.45, 2.75) is 19.2 Å². The summed E-state index contributed by atoms with van der Waals surface area (Å²) in [5, 5.41) is 3.09. The zero-order valence-electron chi connectivity index (χ0n) is 17.6. The minimum Gasteiger partial charge on any atom is -0.368 e. The van der Waals surface area contributed by atoms with Crippen molar-refractivity contribution in [3.63, 3.8) is 0 Å². The summed E-state index contributed by atoms with van der Waals surface area (Å²) in [4.78, 5) is 25.5. The molecular formula is C24H24FN5O2. The summed E-state index contributed by atoms with van der Waals surface area (Å²) in [6.07, 6.45) is 2.58. The van der Waals surface area contributed by atoms with Crippen molar-refractivity contribution in [3.8, 4) is 0 Å². The van der Waals surface area contributed by atoms with Crippen molar-refractivity contribution in [2.24, 2.45) is 0 Å². The first-order valence-corrected chi connectivity index (χ1v) is 10.7. The summed E-state index contributed by atoms with van der Waals surface area (Å²) in [6.45, 7) is 3.59. The van der Waals surface area contributed by atoms with Crippen LogP contribution in [0.2, 0.25) is 0 Å². The minimum absolute atomic E-state index is 0.117. The normalized spacial score (nSPS) is 18.4. The second kappa shape index (κ2) is 9.02. The highest BCUT2D eigenvalue weighted by molar-refractivity contribution is 5.78. The predicted molar refractivity (Wildman–Crippen MR) is 118 cm³/mol. The standard InChI is InChI=1S/C24H24FN5O2/c25-19-5-8-23(27-11-19)28-20-6-7-21(26-12-20)22-15-30(9-10-32-22)24(31)16-29-13-17-3-1-2-4-18(17)14-29/h1-8,11-12,22H,9-10,13-16H2,(H,27,28). The van der Waals surface area contributed by atoms with E-state index in [1.165, 1.54) is 17.2 Å². The van der Waals surface area contributed by atoms with Gasteiger partial charge in [0.25, 0.3) is 0 Å². The van der Waals surface area contributed by atoms with Crippen molar-refractivity contribution in [1.82, 2.24) is 19.8 Å². The molecule has 1 fully saturated rings. The van der Waals surface area contributed by atoms with Crippen LogP contribution >= 0.6 is 0 Å². The highest BCUT2D eigenvalue weighted by Gasteiger charge is 2.28. The number of hydrogen-bond acceptors (Lipinski definition) is 6. The van der Waals surface area contributed by atoms with Crippen LogP contribution in [0.15, 0.2) is 60.9 Å². The van der Waals surface area contributed by atoms with Gasteiger partial charge in [-0.25, -0.2) is 9.37 Å². The number of halogens is 1. The van der Waals surface area contributed by atoms with E-state index in [0.29, 0.717) is 32.1 Å². The molecule has 0 aliphatic carbocycles. The smallest absolute Gasteiger partial charge is 0.236 e. The first-order chi connectivity index (χ1) is 15.6. The molecule has 0 radical (unpaired) electrons. The van der Waals surface area contributed by atoms with Crippen molar-refractivity contribution in [3.05, 3.63) is 83.6 Å². The second-order valence-electron chi connectivity index (χ2n) is 8.07. The Balaban J connectivity index is 1.17. The Kier molecular flexibility index (Phi) is 5.79. The fraction of sp³-hybridized carbons (Fsp3) is 0.292. The van der Waals surface area contributed by atoms with E-state index in [-0.39, 0.29) is 17.8 Å². The lowest BCUT2D eigenvalue weighted by Crippen LogP contribution is -2.46. The van der Waals surface area contributed by atoms with Crippen LogP contribution in [0.3, 0.4) is 0 Å². The van der Waals surface area contributed by atoms with Gasteiger partial charge in [0.1, 0.15) is 17.7 Å². The molecule has 5 rings (SSSR count). The van der Waals surface area contributed by atoms with Gasteiger partial charge < -0.3 is 15.0 Å². The fourth-order valence-corrected chi connectivity index (χ4v) is 4.13. The summed E-state index contributed by atoms with van der Waals surface area (Å²) >= 11 is 0. The summed E-state index contributed by atoms with van der Waals surface area (Å²) in [6, 6.07) is 15.0. The molecule has 0 spiro atoms. The monoisotopic (exact) mass is 433 g/mol. The van der Waals surface area contributed by atoms with Gasteiger partial charge >= 0.3 is 0 Å². The SMILES string of the molecule is O=C(CN1Cc2ccccc2C1)N1CCOC(c2ccc(Nc3ccc(F)cn3)cn2)C1. The van der Waals surface area contributed by atoms with Gasteiger partial charge in [0.05, 0.1) is 43.5 Å². The third-order valence-electron chi connectivity index (χ3n) is 5.80. The van der Waals surface area contributed by atoms with Crippen LogP contribution in [-0.4, -0.2) is 51.9 Å². The van der Waals surface area contributed by atoms with Gasteiger partial charge in [0, 0.05) is 19.6 Å². The Labute approximate surface area is 185 Å². The lowest BCUT2D eigenvalue weighted by Gasteiger charge is -2.33. The van der Waals surface area contributed by atoms with E-state index in [1.54, 1.807) is 12.3 Å². The van der Waals surface area contributed by atoms with Crippen LogP contribution < -0.4 is 5.32 Å². The Morgan fingerprint density at radius 3 is 2.56 bits per heavy atom. The average molecular weight is 433 g/mol. The number of anilines is 2. The number of nitrogens with zero attached hydrogens (tertiary/aromatic N) is 4. The van der Waals surface area contributed by atoms with E-state index in [1.807, 2.05) is 29.2 Å². The van der Waals surface area contributed by atoms with Crippen LogP contribution in [0.4, 0.5) is 15.9 Å². The van der Waals surface area contributed by atoms with E-state index < -0.39 is 0 Å². The molecule has 8 heteroatoms. The molecular weight excluding hydrogens is 409 g/mol. The maximum atomic E-state index is 13.0. The topological polar surface area (TPSA) is 70.6 Å². The number of carbonyl (C=O) groups excluding carboxylic acids is 1. The molecule has 0 bridgehead atoms. The molecule has 2 aliphatic rings. The van der Waals surface area contributed by atoms with E-state index in [2.05, 4.69) is 32.3 Å². The number of pyridine rings is 2. The molecule has 2 aromatic heterocycles. The van der Waals surface area contributed by atoms with Crippen LogP contribution in [0.5, 0.6) is 0 Å². The fourth-order valence-electron chi connectivity index (χ4n) is 4.13. The number of morpholine rings is 1. The predicted octanol–water partition coefficient (Wildman–Crippen LogP) is 3.28. The summed E-state index contributed by atoms with van der Waals surface area (Å²) in [7, 11) is 0. The molecule has 1 amide bonds. The number of fused-ring (bicyclic) bond motifs is 1. The maximum absolute atomic E-state index is 13.0. The van der Waals surface area contributed by atoms with Crippen molar-refractivity contribution in [2.75, 3.05) is 31.6 Å². The summed E-state index contributed by atoms with van der Waals surface area (Å²) in [5.74, 6) is 0.273. The number of rotatable bonds is 5. The van der Waals surface area contributed by atoms with Gasteiger partial charge in [0.2, 0.25) is 5.91 Å². The van der Waals surface area contributed by atoms with E-state index in [0.717, 1.165) is 30.7 Å². The Hall–Kier alpha value is -3.36. The zero-order valence-corrected chi connectivity index (χ0v) is 17.6. The largest absolute Gasteiger partial charge is 0.368 e. The number of hydrogen-bond donors (Lipinski definition) is 1. The lowest BCUT2D eigenvalue weighted by molar-refractivity contribution is -0.140. The minimum atomic E-state index is -0.383. The van der Waals surface area contributed by atoms with Gasteiger partial charge in [-0.05, 0) is 35.4 Å². The molecule has 4 heterocycles. The first kappa shape index (κ1) is 20.5. The van der Waals surface area contributed by atoms with Crippen LogP contribution in [0, 0.1) is 5.82 Å². The van der Waals surface area contributed by atoms with Gasteiger partial charge in [-0.15, -0.1) is 0 Å². The van der Waals surface area contributed by atoms with Crippen molar-refractivity contribution < 1.29 is 13.9 Å².